The van der Waals surface area contributed by atoms with Crippen LogP contribution in [0.5, 0.6) is 11.5 Å². The lowest BCUT2D eigenvalue weighted by Crippen LogP contribution is -2.46. The van der Waals surface area contributed by atoms with Gasteiger partial charge in [-0.05, 0) is 28.1 Å². The topological polar surface area (TPSA) is 62.8 Å². The number of piperazine rings is 1. The van der Waals surface area contributed by atoms with Crippen molar-refractivity contribution in [2.75, 3.05) is 52.5 Å². The van der Waals surface area contributed by atoms with Crippen molar-refractivity contribution in [2.24, 2.45) is 0 Å². The molecule has 0 aliphatic carbocycles. The van der Waals surface area contributed by atoms with E-state index in [4.69, 9.17) is 9.47 Å². The zero-order valence-electron chi connectivity index (χ0n) is 12.8. The van der Waals surface area contributed by atoms with Gasteiger partial charge < -0.3 is 20.1 Å². The molecule has 128 valence electrons. The maximum absolute atomic E-state index is 12.3. The van der Waals surface area contributed by atoms with Gasteiger partial charge in [-0.25, -0.2) is 0 Å². The van der Waals surface area contributed by atoms with Gasteiger partial charge in [0.2, 0.25) is 0 Å². The summed E-state index contributed by atoms with van der Waals surface area (Å²) in [6.07, 6.45) is 0. The van der Waals surface area contributed by atoms with Gasteiger partial charge in [0.25, 0.3) is 5.91 Å². The summed E-state index contributed by atoms with van der Waals surface area (Å²) in [5.74, 6) is 1.20. The Morgan fingerprint density at radius 2 is 2.00 bits per heavy atom. The molecule has 0 saturated carbocycles. The van der Waals surface area contributed by atoms with Crippen LogP contribution in [0.25, 0.3) is 0 Å². The highest BCUT2D eigenvalue weighted by Gasteiger charge is 2.19. The van der Waals surface area contributed by atoms with Crippen LogP contribution in [0.3, 0.4) is 0 Å². The zero-order chi connectivity index (χ0) is 15.4. The molecule has 2 N–H and O–H groups in total. The van der Waals surface area contributed by atoms with Crippen LogP contribution in [0.15, 0.2) is 16.6 Å². The third-order valence-corrected chi connectivity index (χ3v) is 4.37. The van der Waals surface area contributed by atoms with Crippen molar-refractivity contribution in [3.8, 4) is 11.5 Å². The Morgan fingerprint density at radius 3 is 2.78 bits per heavy atom. The van der Waals surface area contributed by atoms with Gasteiger partial charge in [-0.3, -0.25) is 9.69 Å². The number of carbonyl (C=O) groups is 1. The SMILES string of the molecule is Cl.O=C(NCCN1CCNCC1)c1cc(Br)c2c(c1)OCCO2. The van der Waals surface area contributed by atoms with Crippen molar-refractivity contribution in [1.82, 2.24) is 15.5 Å². The minimum atomic E-state index is -0.0900. The highest BCUT2D eigenvalue weighted by atomic mass is 79.9. The number of hydrogen-bond acceptors (Lipinski definition) is 5. The molecule has 1 aromatic rings. The monoisotopic (exact) mass is 405 g/mol. The number of rotatable bonds is 4. The number of nitrogens with zero attached hydrogens (tertiary/aromatic N) is 1. The molecule has 0 spiro atoms. The molecule has 3 rings (SSSR count). The quantitative estimate of drug-likeness (QED) is 0.789. The Balaban J connectivity index is 0.00000192. The molecule has 1 fully saturated rings. The van der Waals surface area contributed by atoms with Crippen LogP contribution in [-0.2, 0) is 0 Å². The molecular weight excluding hydrogens is 386 g/mol. The molecule has 0 unspecified atom stereocenters. The number of hydrogen-bond donors (Lipinski definition) is 2. The first kappa shape index (κ1) is 18.3. The van der Waals surface area contributed by atoms with Crippen molar-refractivity contribution >= 4 is 34.2 Å². The highest BCUT2D eigenvalue weighted by Crippen LogP contribution is 2.38. The van der Waals surface area contributed by atoms with Gasteiger partial charge in [-0.2, -0.15) is 0 Å². The lowest BCUT2D eigenvalue weighted by molar-refractivity contribution is 0.0946. The fourth-order valence-corrected chi connectivity index (χ4v) is 3.16. The molecular formula is C15H21BrClN3O3. The van der Waals surface area contributed by atoms with Gasteiger partial charge in [0.05, 0.1) is 4.47 Å². The Bertz CT molecular complexity index is 553. The summed E-state index contributed by atoms with van der Waals surface area (Å²) in [6.45, 7) is 6.66. The van der Waals surface area contributed by atoms with E-state index in [1.165, 1.54) is 0 Å². The first-order valence-corrected chi connectivity index (χ1v) is 8.34. The Morgan fingerprint density at radius 1 is 1.26 bits per heavy atom. The molecule has 2 aliphatic heterocycles. The van der Waals surface area contributed by atoms with Crippen LogP contribution >= 0.6 is 28.3 Å². The molecule has 23 heavy (non-hydrogen) atoms. The van der Waals surface area contributed by atoms with E-state index in [1.54, 1.807) is 12.1 Å². The van der Waals surface area contributed by atoms with E-state index < -0.39 is 0 Å². The maximum atomic E-state index is 12.3. The van der Waals surface area contributed by atoms with Gasteiger partial charge >= 0.3 is 0 Å². The standard InChI is InChI=1S/C15H20BrN3O3.ClH/c16-12-9-11(10-13-14(12)22-8-7-21-13)15(20)18-3-6-19-4-1-17-2-5-19;/h9-10,17H,1-8H2,(H,18,20);1H. The van der Waals surface area contributed by atoms with Crippen molar-refractivity contribution in [1.29, 1.82) is 0 Å². The number of ether oxygens (including phenoxy) is 2. The van der Waals surface area contributed by atoms with E-state index in [1.807, 2.05) is 0 Å². The van der Waals surface area contributed by atoms with Gasteiger partial charge in [-0.1, -0.05) is 0 Å². The van der Waals surface area contributed by atoms with Crippen LogP contribution in [0.4, 0.5) is 0 Å². The lowest BCUT2D eigenvalue weighted by atomic mass is 10.2. The molecule has 8 heteroatoms. The minimum Gasteiger partial charge on any atom is -0.486 e. The van der Waals surface area contributed by atoms with Gasteiger partial charge in [0.15, 0.2) is 11.5 Å². The van der Waals surface area contributed by atoms with E-state index in [0.717, 1.165) is 37.2 Å². The first-order chi connectivity index (χ1) is 10.7. The lowest BCUT2D eigenvalue weighted by Gasteiger charge is -2.27. The molecule has 2 heterocycles. The van der Waals surface area contributed by atoms with E-state index in [0.29, 0.717) is 36.8 Å². The van der Waals surface area contributed by atoms with E-state index in [-0.39, 0.29) is 18.3 Å². The number of benzene rings is 1. The number of nitrogens with one attached hydrogen (secondary N) is 2. The predicted molar refractivity (Wildman–Crippen MR) is 94.0 cm³/mol. The van der Waals surface area contributed by atoms with Crippen molar-refractivity contribution < 1.29 is 14.3 Å². The molecule has 1 amide bonds. The van der Waals surface area contributed by atoms with Gasteiger partial charge in [0, 0.05) is 44.8 Å². The fourth-order valence-electron chi connectivity index (χ4n) is 2.61. The third-order valence-electron chi connectivity index (χ3n) is 3.78. The average molecular weight is 407 g/mol. The average Bonchev–Trinajstić information content (AvgIpc) is 2.56. The molecule has 0 atom stereocenters. The number of amides is 1. The Kier molecular flexibility index (Phi) is 6.95. The summed E-state index contributed by atoms with van der Waals surface area (Å²) >= 11 is 3.43. The molecule has 0 bridgehead atoms. The van der Waals surface area contributed by atoms with Crippen LogP contribution in [0.2, 0.25) is 0 Å². The van der Waals surface area contributed by atoms with Crippen molar-refractivity contribution in [3.63, 3.8) is 0 Å². The second kappa shape index (κ2) is 8.73. The fraction of sp³-hybridized carbons (Fsp3) is 0.533. The summed E-state index contributed by atoms with van der Waals surface area (Å²) < 4.78 is 11.8. The molecule has 0 aromatic heterocycles. The zero-order valence-corrected chi connectivity index (χ0v) is 15.2. The van der Waals surface area contributed by atoms with Crippen LogP contribution in [-0.4, -0.2) is 63.3 Å². The summed E-state index contributed by atoms with van der Waals surface area (Å²) in [4.78, 5) is 14.6. The van der Waals surface area contributed by atoms with Crippen molar-refractivity contribution in [2.45, 2.75) is 0 Å². The smallest absolute Gasteiger partial charge is 0.251 e. The van der Waals surface area contributed by atoms with E-state index in [2.05, 4.69) is 31.5 Å². The molecule has 1 aromatic carbocycles. The van der Waals surface area contributed by atoms with Crippen LogP contribution < -0.4 is 20.1 Å². The molecule has 2 aliphatic rings. The largest absolute Gasteiger partial charge is 0.486 e. The van der Waals surface area contributed by atoms with Crippen LogP contribution in [0, 0.1) is 0 Å². The van der Waals surface area contributed by atoms with Crippen molar-refractivity contribution in [3.05, 3.63) is 22.2 Å². The Labute approximate surface area is 150 Å². The molecule has 1 saturated heterocycles. The number of fused-ring (bicyclic) bond motifs is 1. The summed E-state index contributed by atoms with van der Waals surface area (Å²) in [7, 11) is 0. The normalized spacial score (nSPS) is 17.3. The third kappa shape index (κ3) is 4.73. The van der Waals surface area contributed by atoms with E-state index in [9.17, 15) is 4.79 Å². The number of halogens is 2. The highest BCUT2D eigenvalue weighted by molar-refractivity contribution is 9.10. The summed E-state index contributed by atoms with van der Waals surface area (Å²) in [6, 6.07) is 3.51. The minimum absolute atomic E-state index is 0. The molecule has 6 nitrogen and oxygen atoms in total. The first-order valence-electron chi connectivity index (χ1n) is 7.54. The summed E-state index contributed by atoms with van der Waals surface area (Å²) in [5, 5.41) is 6.28. The second-order valence-corrected chi connectivity index (χ2v) is 6.18. The Hall–Kier alpha value is -1.02. The number of carbonyl (C=O) groups excluding carboxylic acids is 1. The summed E-state index contributed by atoms with van der Waals surface area (Å²) in [5.41, 5.74) is 0.580. The van der Waals surface area contributed by atoms with Gasteiger partial charge in [0.1, 0.15) is 13.2 Å². The van der Waals surface area contributed by atoms with E-state index >= 15 is 0 Å². The predicted octanol–water partition coefficient (Wildman–Crippen LogP) is 1.28. The molecule has 0 radical (unpaired) electrons. The van der Waals surface area contributed by atoms with Gasteiger partial charge in [-0.15, -0.1) is 12.4 Å². The van der Waals surface area contributed by atoms with Crippen LogP contribution in [0.1, 0.15) is 10.4 Å². The second-order valence-electron chi connectivity index (χ2n) is 5.33. The maximum Gasteiger partial charge on any atom is 0.251 e.